The van der Waals surface area contributed by atoms with Crippen LogP contribution in [0.1, 0.15) is 44.7 Å². The second kappa shape index (κ2) is 11.5. The first-order chi connectivity index (χ1) is 18.8. The molecule has 3 N–H and O–H groups in total. The van der Waals surface area contributed by atoms with Crippen LogP contribution in [0.15, 0.2) is 36.5 Å². The topological polar surface area (TPSA) is 143 Å². The maximum absolute atomic E-state index is 13.7. The van der Waals surface area contributed by atoms with E-state index in [1.807, 2.05) is 11.8 Å². The van der Waals surface area contributed by atoms with Crippen LogP contribution in [0.4, 0.5) is 10.3 Å². The maximum atomic E-state index is 13.7. The molecule has 0 unspecified atom stereocenters. The Morgan fingerprint density at radius 3 is 2.54 bits per heavy atom. The SMILES string of the molecule is CC1(C(=O)N2CCCCC2)COC(c2nc(-c3ccc(F)cc3)c(-c3ccnc(NCCC(=O)O)n3)[nH]2)OC1. The molecule has 1 amide bonds. The lowest BCUT2D eigenvalue weighted by atomic mass is 9.89. The molecule has 4 heterocycles. The van der Waals surface area contributed by atoms with E-state index in [-0.39, 0.29) is 43.9 Å². The summed E-state index contributed by atoms with van der Waals surface area (Å²) < 4.78 is 25.7. The second-order valence-corrected chi connectivity index (χ2v) is 10.1. The predicted molar refractivity (Wildman–Crippen MR) is 139 cm³/mol. The third-order valence-corrected chi connectivity index (χ3v) is 6.86. The number of halogens is 1. The highest BCUT2D eigenvalue weighted by Gasteiger charge is 2.43. The van der Waals surface area contributed by atoms with E-state index < -0.39 is 17.7 Å². The van der Waals surface area contributed by atoms with Gasteiger partial charge >= 0.3 is 5.97 Å². The average molecular weight is 539 g/mol. The summed E-state index contributed by atoms with van der Waals surface area (Å²) in [7, 11) is 0. The van der Waals surface area contributed by atoms with Crippen LogP contribution < -0.4 is 5.32 Å². The van der Waals surface area contributed by atoms with E-state index in [4.69, 9.17) is 19.6 Å². The number of anilines is 1. The number of aromatic amines is 1. The number of aromatic nitrogens is 4. The number of benzene rings is 1. The van der Waals surface area contributed by atoms with Gasteiger partial charge in [-0.15, -0.1) is 0 Å². The Bertz CT molecular complexity index is 1320. The summed E-state index contributed by atoms with van der Waals surface area (Å²) in [5.41, 5.74) is 1.39. The van der Waals surface area contributed by atoms with E-state index in [0.29, 0.717) is 28.5 Å². The highest BCUT2D eigenvalue weighted by molar-refractivity contribution is 5.83. The fourth-order valence-electron chi connectivity index (χ4n) is 4.74. The van der Waals surface area contributed by atoms with Crippen LogP contribution in [0.2, 0.25) is 0 Å². The van der Waals surface area contributed by atoms with E-state index in [2.05, 4.69) is 20.3 Å². The molecule has 11 nitrogen and oxygen atoms in total. The molecule has 0 atom stereocenters. The number of nitrogens with zero attached hydrogens (tertiary/aromatic N) is 4. The first-order valence-electron chi connectivity index (χ1n) is 13.0. The monoisotopic (exact) mass is 538 g/mol. The minimum atomic E-state index is -0.934. The number of nitrogens with one attached hydrogen (secondary N) is 2. The van der Waals surface area contributed by atoms with Gasteiger partial charge in [0, 0.05) is 31.4 Å². The number of piperidine rings is 1. The third-order valence-electron chi connectivity index (χ3n) is 6.86. The molecule has 39 heavy (non-hydrogen) atoms. The number of ether oxygens (including phenoxy) is 2. The summed E-state index contributed by atoms with van der Waals surface area (Å²) >= 11 is 0. The lowest BCUT2D eigenvalue weighted by Gasteiger charge is -2.40. The molecule has 206 valence electrons. The van der Waals surface area contributed by atoms with Crippen LogP contribution in [0, 0.1) is 11.2 Å². The van der Waals surface area contributed by atoms with Crippen molar-refractivity contribution in [2.24, 2.45) is 5.41 Å². The van der Waals surface area contributed by atoms with Gasteiger partial charge in [0.1, 0.15) is 5.82 Å². The van der Waals surface area contributed by atoms with Crippen LogP contribution in [-0.2, 0) is 19.1 Å². The fourth-order valence-corrected chi connectivity index (χ4v) is 4.74. The standard InChI is InChI=1S/C27H31FN6O5/c1-27(25(37)34-13-3-2-4-14-34)15-38-24(39-16-27)23-32-21(17-5-7-18(28)8-6-17)22(33-23)19-9-11-29-26(31-19)30-12-10-20(35)36/h5-9,11,24H,2-4,10,12-16H2,1H3,(H,32,33)(H,35,36)(H,29,30,31). The lowest BCUT2D eigenvalue weighted by Crippen LogP contribution is -2.51. The molecular formula is C27H31FN6O5. The van der Waals surface area contributed by atoms with Gasteiger partial charge in [-0.1, -0.05) is 0 Å². The molecule has 0 radical (unpaired) electrons. The predicted octanol–water partition coefficient (Wildman–Crippen LogP) is 3.62. The summed E-state index contributed by atoms with van der Waals surface area (Å²) in [5.74, 6) is -0.629. The van der Waals surface area contributed by atoms with Gasteiger partial charge in [-0.25, -0.2) is 19.3 Å². The van der Waals surface area contributed by atoms with Crippen molar-refractivity contribution in [3.63, 3.8) is 0 Å². The summed E-state index contributed by atoms with van der Waals surface area (Å²) in [4.78, 5) is 42.6. The van der Waals surface area contributed by atoms with Crippen molar-refractivity contribution in [1.29, 1.82) is 0 Å². The minimum Gasteiger partial charge on any atom is -0.481 e. The summed E-state index contributed by atoms with van der Waals surface area (Å²) in [6.45, 7) is 3.90. The first kappa shape index (κ1) is 26.7. The quantitative estimate of drug-likeness (QED) is 0.392. The zero-order valence-electron chi connectivity index (χ0n) is 21.7. The summed E-state index contributed by atoms with van der Waals surface area (Å²) in [6.07, 6.45) is 3.78. The van der Waals surface area contributed by atoms with Crippen LogP contribution in [0.25, 0.3) is 22.6 Å². The van der Waals surface area contributed by atoms with Gasteiger partial charge in [-0.05, 0) is 56.5 Å². The van der Waals surface area contributed by atoms with Crippen molar-refractivity contribution in [2.45, 2.75) is 38.9 Å². The van der Waals surface area contributed by atoms with E-state index in [0.717, 1.165) is 32.4 Å². The normalized spacial score (nSPS) is 21.5. The number of hydrogen-bond donors (Lipinski definition) is 3. The van der Waals surface area contributed by atoms with Gasteiger partial charge in [0.2, 0.25) is 18.1 Å². The summed E-state index contributed by atoms with van der Waals surface area (Å²) in [6, 6.07) is 7.60. The molecule has 5 rings (SSSR count). The minimum absolute atomic E-state index is 0.0386. The van der Waals surface area contributed by atoms with Gasteiger partial charge in [0.05, 0.1) is 42.1 Å². The molecule has 2 aliphatic rings. The molecular weight excluding hydrogens is 507 g/mol. The number of H-pyrrole nitrogens is 1. The number of carboxylic acid groups (broad SMARTS) is 1. The largest absolute Gasteiger partial charge is 0.481 e. The highest BCUT2D eigenvalue weighted by Crippen LogP contribution is 2.36. The Morgan fingerprint density at radius 2 is 1.85 bits per heavy atom. The zero-order chi connectivity index (χ0) is 27.4. The Hall–Kier alpha value is -3.90. The van der Waals surface area contributed by atoms with Gasteiger partial charge in [-0.3, -0.25) is 9.59 Å². The van der Waals surface area contributed by atoms with Crippen LogP contribution in [-0.4, -0.2) is 74.7 Å². The molecule has 2 saturated heterocycles. The van der Waals surface area contributed by atoms with Gasteiger partial charge in [0.25, 0.3) is 0 Å². The Labute approximate surface area is 224 Å². The lowest BCUT2D eigenvalue weighted by molar-refractivity contribution is -0.234. The summed E-state index contributed by atoms with van der Waals surface area (Å²) in [5, 5.41) is 11.8. The van der Waals surface area contributed by atoms with Gasteiger partial charge in [-0.2, -0.15) is 0 Å². The Kier molecular flexibility index (Phi) is 7.84. The number of aliphatic carboxylic acids is 1. The number of imidazole rings is 1. The number of carbonyl (C=O) groups excluding carboxylic acids is 1. The average Bonchev–Trinajstić information content (AvgIpc) is 3.39. The van der Waals surface area contributed by atoms with E-state index >= 15 is 0 Å². The van der Waals surface area contributed by atoms with Crippen molar-refractivity contribution in [3.8, 4) is 22.6 Å². The van der Waals surface area contributed by atoms with Crippen molar-refractivity contribution in [2.75, 3.05) is 38.2 Å². The number of likely N-dealkylation sites (tertiary alicyclic amines) is 1. The Balaban J connectivity index is 1.39. The zero-order valence-corrected chi connectivity index (χ0v) is 21.7. The molecule has 12 heteroatoms. The molecule has 2 aromatic heterocycles. The van der Waals surface area contributed by atoms with Crippen LogP contribution >= 0.6 is 0 Å². The number of carboxylic acids is 1. The molecule has 0 aliphatic carbocycles. The van der Waals surface area contributed by atoms with E-state index in [9.17, 15) is 14.0 Å². The smallest absolute Gasteiger partial charge is 0.305 e. The molecule has 3 aromatic rings. The van der Waals surface area contributed by atoms with Crippen molar-refractivity contribution in [1.82, 2.24) is 24.8 Å². The highest BCUT2D eigenvalue weighted by atomic mass is 19.1. The number of hydrogen-bond acceptors (Lipinski definition) is 8. The number of carbonyl (C=O) groups is 2. The molecule has 0 bridgehead atoms. The van der Waals surface area contributed by atoms with Crippen molar-refractivity contribution >= 4 is 17.8 Å². The van der Waals surface area contributed by atoms with Crippen LogP contribution in [0.5, 0.6) is 0 Å². The third kappa shape index (κ3) is 6.07. The number of rotatable bonds is 8. The van der Waals surface area contributed by atoms with Gasteiger partial charge in [0.15, 0.2) is 5.82 Å². The van der Waals surface area contributed by atoms with Gasteiger partial charge < -0.3 is 29.8 Å². The maximum Gasteiger partial charge on any atom is 0.305 e. The van der Waals surface area contributed by atoms with Crippen molar-refractivity contribution < 1.29 is 28.6 Å². The molecule has 0 saturated carbocycles. The fraction of sp³-hybridized carbons (Fsp3) is 0.444. The molecule has 2 aliphatic heterocycles. The molecule has 2 fully saturated rings. The van der Waals surface area contributed by atoms with E-state index in [1.54, 1.807) is 24.4 Å². The van der Waals surface area contributed by atoms with Crippen LogP contribution in [0.3, 0.4) is 0 Å². The number of amides is 1. The molecule has 1 aromatic carbocycles. The van der Waals surface area contributed by atoms with E-state index in [1.165, 1.54) is 12.1 Å². The first-order valence-corrected chi connectivity index (χ1v) is 13.0. The second-order valence-electron chi connectivity index (χ2n) is 10.1. The Morgan fingerprint density at radius 1 is 1.13 bits per heavy atom. The molecule has 0 spiro atoms. The van der Waals surface area contributed by atoms with Crippen molar-refractivity contribution in [3.05, 3.63) is 48.2 Å².